The second-order valence-corrected chi connectivity index (χ2v) is 5.09. The standard InChI is InChI=1S/C12H18OSi/c1-3-13-12-8-6-11(7-9-12)5-4-10-14-2/h3,6-9H,1,4-5,10,14H2,2H3. The van der Waals surface area contributed by atoms with Crippen LogP contribution in [0.4, 0.5) is 0 Å². The Morgan fingerprint density at radius 1 is 1.36 bits per heavy atom. The molecule has 0 aliphatic heterocycles. The van der Waals surface area contributed by atoms with Crippen molar-refractivity contribution in [3.05, 3.63) is 42.7 Å². The van der Waals surface area contributed by atoms with Crippen molar-refractivity contribution in [1.82, 2.24) is 0 Å². The van der Waals surface area contributed by atoms with Crippen LogP contribution in [-0.2, 0) is 6.42 Å². The van der Waals surface area contributed by atoms with Gasteiger partial charge in [0.25, 0.3) is 0 Å². The summed E-state index contributed by atoms with van der Waals surface area (Å²) in [5, 5.41) is 0. The number of hydrogen-bond acceptors (Lipinski definition) is 1. The van der Waals surface area contributed by atoms with Crippen LogP contribution in [0.1, 0.15) is 12.0 Å². The summed E-state index contributed by atoms with van der Waals surface area (Å²) in [6, 6.07) is 9.72. The van der Waals surface area contributed by atoms with Crippen LogP contribution < -0.4 is 4.74 Å². The maximum Gasteiger partial charge on any atom is 0.126 e. The highest BCUT2D eigenvalue weighted by atomic mass is 28.2. The van der Waals surface area contributed by atoms with Crippen molar-refractivity contribution in [3.63, 3.8) is 0 Å². The molecular weight excluding hydrogens is 188 g/mol. The topological polar surface area (TPSA) is 9.23 Å². The van der Waals surface area contributed by atoms with Gasteiger partial charge in [0.15, 0.2) is 0 Å². The Kier molecular flexibility index (Phi) is 5.08. The zero-order chi connectivity index (χ0) is 10.2. The molecule has 14 heavy (non-hydrogen) atoms. The van der Waals surface area contributed by atoms with Crippen LogP contribution in [0.3, 0.4) is 0 Å². The molecule has 0 bridgehead atoms. The quantitative estimate of drug-likeness (QED) is 0.395. The average Bonchev–Trinajstić information content (AvgIpc) is 2.21. The van der Waals surface area contributed by atoms with Gasteiger partial charge in [-0.15, -0.1) is 0 Å². The molecule has 0 saturated heterocycles. The molecule has 1 rings (SSSR count). The molecule has 1 aromatic carbocycles. The summed E-state index contributed by atoms with van der Waals surface area (Å²) >= 11 is 0. The van der Waals surface area contributed by atoms with Crippen molar-refractivity contribution in [2.75, 3.05) is 0 Å². The second-order valence-electron chi connectivity index (χ2n) is 3.39. The van der Waals surface area contributed by atoms with Crippen LogP contribution in [0, 0.1) is 0 Å². The number of rotatable bonds is 6. The fourth-order valence-electron chi connectivity index (χ4n) is 1.41. The van der Waals surface area contributed by atoms with Gasteiger partial charge in [-0.1, -0.05) is 37.7 Å². The predicted molar refractivity (Wildman–Crippen MR) is 64.8 cm³/mol. The summed E-state index contributed by atoms with van der Waals surface area (Å²) in [6.45, 7) is 5.88. The summed E-state index contributed by atoms with van der Waals surface area (Å²) in [4.78, 5) is 0. The third-order valence-electron chi connectivity index (χ3n) is 2.21. The Morgan fingerprint density at radius 3 is 2.64 bits per heavy atom. The molecule has 0 heterocycles. The van der Waals surface area contributed by atoms with E-state index in [4.69, 9.17) is 4.74 Å². The van der Waals surface area contributed by atoms with Gasteiger partial charge >= 0.3 is 0 Å². The van der Waals surface area contributed by atoms with Gasteiger partial charge in [-0.05, 0) is 24.1 Å². The van der Waals surface area contributed by atoms with E-state index in [1.54, 1.807) is 0 Å². The molecular formula is C12H18OSi. The minimum atomic E-state index is 0.244. The van der Waals surface area contributed by atoms with Gasteiger partial charge in [-0.25, -0.2) is 0 Å². The van der Waals surface area contributed by atoms with Crippen molar-refractivity contribution in [1.29, 1.82) is 0 Å². The molecule has 0 unspecified atom stereocenters. The minimum Gasteiger partial charge on any atom is -0.466 e. The molecule has 0 saturated carbocycles. The maximum absolute atomic E-state index is 5.16. The van der Waals surface area contributed by atoms with Crippen molar-refractivity contribution >= 4 is 9.52 Å². The molecule has 0 radical (unpaired) electrons. The molecule has 0 aliphatic rings. The Balaban J connectivity index is 2.42. The largest absolute Gasteiger partial charge is 0.466 e. The van der Waals surface area contributed by atoms with E-state index >= 15 is 0 Å². The lowest BCUT2D eigenvalue weighted by atomic mass is 10.1. The monoisotopic (exact) mass is 206 g/mol. The molecule has 0 fully saturated rings. The Hall–Kier alpha value is -1.02. The van der Waals surface area contributed by atoms with Gasteiger partial charge < -0.3 is 4.74 Å². The van der Waals surface area contributed by atoms with E-state index in [0.717, 1.165) is 5.75 Å². The first-order valence-electron chi connectivity index (χ1n) is 5.23. The van der Waals surface area contributed by atoms with Crippen LogP contribution in [0.5, 0.6) is 5.75 Å². The van der Waals surface area contributed by atoms with Crippen molar-refractivity contribution in [2.45, 2.75) is 25.4 Å². The van der Waals surface area contributed by atoms with Crippen molar-refractivity contribution in [3.8, 4) is 5.75 Å². The highest BCUT2D eigenvalue weighted by Gasteiger charge is 1.94. The van der Waals surface area contributed by atoms with E-state index in [0.29, 0.717) is 0 Å². The number of hydrogen-bond donors (Lipinski definition) is 0. The summed E-state index contributed by atoms with van der Waals surface area (Å²) in [5.41, 5.74) is 1.41. The van der Waals surface area contributed by atoms with Gasteiger partial charge in [0, 0.05) is 9.52 Å². The van der Waals surface area contributed by atoms with Crippen LogP contribution in [0.2, 0.25) is 12.6 Å². The third kappa shape index (κ3) is 3.79. The van der Waals surface area contributed by atoms with Gasteiger partial charge in [-0.3, -0.25) is 0 Å². The SMILES string of the molecule is C=COc1ccc(CCC[SiH2]C)cc1. The highest BCUT2D eigenvalue weighted by Crippen LogP contribution is 2.13. The number of aryl methyl sites for hydroxylation is 1. The molecule has 0 spiro atoms. The summed E-state index contributed by atoms with van der Waals surface area (Å²) in [5.74, 6) is 0.869. The Morgan fingerprint density at radius 2 is 2.07 bits per heavy atom. The summed E-state index contributed by atoms with van der Waals surface area (Å²) < 4.78 is 5.16. The molecule has 1 nitrogen and oxygen atoms in total. The van der Waals surface area contributed by atoms with Gasteiger partial charge in [0.05, 0.1) is 6.26 Å². The second kappa shape index (κ2) is 6.43. The van der Waals surface area contributed by atoms with Gasteiger partial charge in [0.2, 0.25) is 0 Å². The minimum absolute atomic E-state index is 0.244. The lowest BCUT2D eigenvalue weighted by Crippen LogP contribution is -1.88. The lowest BCUT2D eigenvalue weighted by Gasteiger charge is -2.02. The van der Waals surface area contributed by atoms with Gasteiger partial charge in [-0.2, -0.15) is 0 Å². The molecule has 0 N–H and O–H groups in total. The summed E-state index contributed by atoms with van der Waals surface area (Å²) in [7, 11) is 0.244. The van der Waals surface area contributed by atoms with Crippen molar-refractivity contribution in [2.24, 2.45) is 0 Å². The Bertz CT molecular complexity index is 266. The van der Waals surface area contributed by atoms with E-state index < -0.39 is 0 Å². The molecule has 1 aromatic rings. The maximum atomic E-state index is 5.16. The fraction of sp³-hybridized carbons (Fsp3) is 0.333. The number of benzene rings is 1. The van der Waals surface area contributed by atoms with Crippen LogP contribution in [0.15, 0.2) is 37.1 Å². The average molecular weight is 206 g/mol. The zero-order valence-corrected chi connectivity index (χ0v) is 10.2. The normalized spacial score (nSPS) is 10.6. The molecule has 2 heteroatoms. The fourth-order valence-corrected chi connectivity index (χ4v) is 2.16. The van der Waals surface area contributed by atoms with E-state index in [-0.39, 0.29) is 9.52 Å². The van der Waals surface area contributed by atoms with E-state index in [2.05, 4.69) is 25.3 Å². The van der Waals surface area contributed by atoms with Crippen LogP contribution >= 0.6 is 0 Å². The third-order valence-corrected chi connectivity index (χ3v) is 3.42. The first-order valence-corrected chi connectivity index (χ1v) is 7.64. The zero-order valence-electron chi connectivity index (χ0n) is 8.83. The molecule has 0 amide bonds. The first kappa shape index (κ1) is 11.1. The molecule has 76 valence electrons. The predicted octanol–water partition coefficient (Wildman–Crippen LogP) is 2.78. The summed E-state index contributed by atoms with van der Waals surface area (Å²) in [6.07, 6.45) is 4.00. The van der Waals surface area contributed by atoms with Crippen LogP contribution in [0.25, 0.3) is 0 Å². The van der Waals surface area contributed by atoms with Gasteiger partial charge in [0.1, 0.15) is 5.75 Å². The van der Waals surface area contributed by atoms with Crippen molar-refractivity contribution < 1.29 is 4.74 Å². The molecule has 0 aliphatic carbocycles. The highest BCUT2D eigenvalue weighted by molar-refractivity contribution is 6.33. The van der Waals surface area contributed by atoms with E-state index in [1.165, 1.54) is 30.7 Å². The first-order chi connectivity index (χ1) is 6.86. The smallest absolute Gasteiger partial charge is 0.126 e. The number of ether oxygens (including phenoxy) is 1. The lowest BCUT2D eigenvalue weighted by molar-refractivity contribution is 0.483. The Labute approximate surface area is 88.6 Å². The van der Waals surface area contributed by atoms with E-state index in [1.807, 2.05) is 12.1 Å². The van der Waals surface area contributed by atoms with E-state index in [9.17, 15) is 0 Å². The molecule has 0 atom stereocenters. The molecule has 0 aromatic heterocycles. The van der Waals surface area contributed by atoms with Crippen LogP contribution in [-0.4, -0.2) is 9.52 Å².